The first-order valence-corrected chi connectivity index (χ1v) is 6.45. The number of hydroxylamine groups is 1. The van der Waals surface area contributed by atoms with E-state index in [2.05, 4.69) is 5.48 Å². The van der Waals surface area contributed by atoms with Gasteiger partial charge in [-0.2, -0.15) is 11.8 Å². The van der Waals surface area contributed by atoms with Crippen LogP contribution in [0.1, 0.15) is 19.3 Å². The third-order valence-electron chi connectivity index (χ3n) is 2.39. The zero-order valence-electron chi connectivity index (χ0n) is 9.16. The lowest BCUT2D eigenvalue weighted by molar-refractivity contribution is -0.135. The van der Waals surface area contributed by atoms with Crippen LogP contribution in [-0.2, 0) is 14.4 Å². The van der Waals surface area contributed by atoms with Crippen LogP contribution >= 0.6 is 11.8 Å². The minimum absolute atomic E-state index is 0.0111. The van der Waals surface area contributed by atoms with Crippen molar-refractivity contribution in [2.45, 2.75) is 19.3 Å². The fourth-order valence-electron chi connectivity index (χ4n) is 1.51. The predicted octanol–water partition coefficient (Wildman–Crippen LogP) is 1.21. The maximum Gasteiger partial charge on any atom is 0.243 e. The summed E-state index contributed by atoms with van der Waals surface area (Å²) in [5, 5.41) is 0. The Bertz CT molecular complexity index is 184. The van der Waals surface area contributed by atoms with E-state index >= 15 is 0 Å². The molecule has 0 saturated carbocycles. The lowest BCUT2D eigenvalue weighted by Gasteiger charge is -2.20. The summed E-state index contributed by atoms with van der Waals surface area (Å²) in [5.74, 6) is 2.89. The van der Waals surface area contributed by atoms with Gasteiger partial charge >= 0.3 is 0 Å². The van der Waals surface area contributed by atoms with E-state index in [-0.39, 0.29) is 5.91 Å². The normalized spacial score (nSPS) is 17.7. The third-order valence-corrected chi connectivity index (χ3v) is 3.44. The molecule has 1 heterocycles. The van der Waals surface area contributed by atoms with Crippen LogP contribution in [-0.4, -0.2) is 37.7 Å². The van der Waals surface area contributed by atoms with Crippen molar-refractivity contribution >= 4 is 17.7 Å². The summed E-state index contributed by atoms with van der Waals surface area (Å²) in [6.07, 6.45) is 2.89. The number of hydrogen-bond acceptors (Lipinski definition) is 4. The quantitative estimate of drug-likeness (QED) is 0.553. The molecule has 0 spiro atoms. The van der Waals surface area contributed by atoms with Gasteiger partial charge in [-0.3, -0.25) is 9.63 Å². The standard InChI is InChI=1S/C10H19NO3S/c1-13-4-5-14-11-10(12)8-9-2-6-15-7-3-9/h9H,2-8H2,1H3,(H,11,12). The van der Waals surface area contributed by atoms with Crippen LogP contribution in [0.25, 0.3) is 0 Å². The number of nitrogens with one attached hydrogen (secondary N) is 1. The average Bonchev–Trinajstić information content (AvgIpc) is 2.26. The molecule has 1 fully saturated rings. The van der Waals surface area contributed by atoms with Gasteiger partial charge < -0.3 is 4.74 Å². The summed E-state index contributed by atoms with van der Waals surface area (Å²) in [6.45, 7) is 0.906. The van der Waals surface area contributed by atoms with E-state index in [1.807, 2.05) is 11.8 Å². The first-order valence-electron chi connectivity index (χ1n) is 5.30. The number of ether oxygens (including phenoxy) is 1. The maximum absolute atomic E-state index is 11.4. The van der Waals surface area contributed by atoms with E-state index in [9.17, 15) is 4.79 Å². The van der Waals surface area contributed by atoms with E-state index in [0.29, 0.717) is 25.6 Å². The molecular weight excluding hydrogens is 214 g/mol. The molecule has 1 aliphatic rings. The molecule has 0 aromatic carbocycles. The van der Waals surface area contributed by atoms with Crippen LogP contribution in [0.4, 0.5) is 0 Å². The number of rotatable bonds is 6. The van der Waals surface area contributed by atoms with Gasteiger partial charge in [0.2, 0.25) is 5.91 Å². The highest BCUT2D eigenvalue weighted by atomic mass is 32.2. The predicted molar refractivity (Wildman–Crippen MR) is 60.6 cm³/mol. The largest absolute Gasteiger partial charge is 0.382 e. The van der Waals surface area contributed by atoms with Gasteiger partial charge in [0.25, 0.3) is 0 Å². The topological polar surface area (TPSA) is 47.6 Å². The van der Waals surface area contributed by atoms with Crippen molar-refractivity contribution in [3.05, 3.63) is 0 Å². The SMILES string of the molecule is COCCONC(=O)CC1CCSCC1. The second-order valence-electron chi connectivity index (χ2n) is 3.63. The zero-order chi connectivity index (χ0) is 10.9. The van der Waals surface area contributed by atoms with Crippen molar-refractivity contribution in [2.75, 3.05) is 31.8 Å². The Balaban J connectivity index is 2.01. The monoisotopic (exact) mass is 233 g/mol. The Morgan fingerprint density at radius 1 is 1.40 bits per heavy atom. The molecule has 0 bridgehead atoms. The van der Waals surface area contributed by atoms with Crippen LogP contribution in [0.5, 0.6) is 0 Å². The Labute approximate surface area is 95.0 Å². The van der Waals surface area contributed by atoms with Gasteiger partial charge in [0.1, 0.15) is 0 Å². The molecule has 0 atom stereocenters. The smallest absolute Gasteiger partial charge is 0.243 e. The summed E-state index contributed by atoms with van der Waals surface area (Å²) in [7, 11) is 1.60. The molecule has 1 amide bonds. The Hall–Kier alpha value is -0.260. The molecule has 1 saturated heterocycles. The molecule has 0 aromatic heterocycles. The molecule has 5 heteroatoms. The summed E-state index contributed by atoms with van der Waals surface area (Å²) < 4.78 is 4.79. The highest BCUT2D eigenvalue weighted by molar-refractivity contribution is 7.99. The van der Waals surface area contributed by atoms with Crippen molar-refractivity contribution < 1.29 is 14.4 Å². The number of hydrogen-bond donors (Lipinski definition) is 1. The van der Waals surface area contributed by atoms with Gasteiger partial charge in [-0.25, -0.2) is 5.48 Å². The molecule has 0 unspecified atom stereocenters. The fourth-order valence-corrected chi connectivity index (χ4v) is 2.72. The first-order chi connectivity index (χ1) is 7.33. The van der Waals surface area contributed by atoms with Gasteiger partial charge in [-0.1, -0.05) is 0 Å². The molecule has 0 aromatic rings. The average molecular weight is 233 g/mol. The molecular formula is C10H19NO3S. The highest BCUT2D eigenvalue weighted by Crippen LogP contribution is 2.24. The van der Waals surface area contributed by atoms with E-state index in [0.717, 1.165) is 12.8 Å². The van der Waals surface area contributed by atoms with Crippen molar-refractivity contribution in [3.8, 4) is 0 Å². The lowest BCUT2D eigenvalue weighted by Crippen LogP contribution is -2.28. The number of carbonyl (C=O) groups excluding carboxylic acids is 1. The molecule has 1 aliphatic heterocycles. The number of methoxy groups -OCH3 is 1. The van der Waals surface area contributed by atoms with Crippen molar-refractivity contribution in [2.24, 2.45) is 5.92 Å². The van der Waals surface area contributed by atoms with Gasteiger partial charge in [-0.05, 0) is 30.3 Å². The summed E-state index contributed by atoms with van der Waals surface area (Å²) >= 11 is 1.97. The van der Waals surface area contributed by atoms with E-state index < -0.39 is 0 Å². The molecule has 1 N–H and O–H groups in total. The van der Waals surface area contributed by atoms with Crippen molar-refractivity contribution in [3.63, 3.8) is 0 Å². The van der Waals surface area contributed by atoms with Gasteiger partial charge in [-0.15, -0.1) is 0 Å². The van der Waals surface area contributed by atoms with Crippen molar-refractivity contribution in [1.82, 2.24) is 5.48 Å². The minimum Gasteiger partial charge on any atom is -0.382 e. The Morgan fingerprint density at radius 3 is 2.80 bits per heavy atom. The van der Waals surface area contributed by atoms with E-state index in [1.54, 1.807) is 7.11 Å². The minimum atomic E-state index is -0.0111. The number of thioether (sulfide) groups is 1. The van der Waals surface area contributed by atoms with Gasteiger partial charge in [0.15, 0.2) is 0 Å². The van der Waals surface area contributed by atoms with Crippen molar-refractivity contribution in [1.29, 1.82) is 0 Å². The van der Waals surface area contributed by atoms with Gasteiger partial charge in [0, 0.05) is 13.5 Å². The Morgan fingerprint density at radius 2 is 2.13 bits per heavy atom. The lowest BCUT2D eigenvalue weighted by atomic mass is 9.99. The summed E-state index contributed by atoms with van der Waals surface area (Å²) in [4.78, 5) is 16.3. The molecule has 0 radical (unpaired) electrons. The molecule has 15 heavy (non-hydrogen) atoms. The molecule has 4 nitrogen and oxygen atoms in total. The third kappa shape index (κ3) is 6.02. The van der Waals surface area contributed by atoms with Crippen LogP contribution < -0.4 is 5.48 Å². The highest BCUT2D eigenvalue weighted by Gasteiger charge is 2.17. The van der Waals surface area contributed by atoms with Crippen LogP contribution in [0, 0.1) is 5.92 Å². The van der Waals surface area contributed by atoms with Crippen LogP contribution in [0.2, 0.25) is 0 Å². The second kappa shape index (κ2) is 7.96. The second-order valence-corrected chi connectivity index (χ2v) is 4.85. The summed E-state index contributed by atoms with van der Waals surface area (Å²) in [5.41, 5.74) is 2.44. The first kappa shape index (κ1) is 12.8. The number of carbonyl (C=O) groups is 1. The van der Waals surface area contributed by atoms with Crippen LogP contribution in [0.15, 0.2) is 0 Å². The fraction of sp³-hybridized carbons (Fsp3) is 0.900. The maximum atomic E-state index is 11.4. The zero-order valence-corrected chi connectivity index (χ0v) is 9.98. The molecule has 88 valence electrons. The van der Waals surface area contributed by atoms with Gasteiger partial charge in [0.05, 0.1) is 13.2 Å². The molecule has 0 aliphatic carbocycles. The van der Waals surface area contributed by atoms with E-state index in [4.69, 9.17) is 9.57 Å². The number of amides is 1. The Kier molecular flexibility index (Phi) is 6.80. The molecule has 1 rings (SSSR count). The summed E-state index contributed by atoms with van der Waals surface area (Å²) in [6, 6.07) is 0. The van der Waals surface area contributed by atoms with E-state index in [1.165, 1.54) is 11.5 Å². The van der Waals surface area contributed by atoms with Crippen LogP contribution in [0.3, 0.4) is 0 Å².